The molecule has 1 fully saturated rings. The molecule has 2 nitrogen and oxygen atoms in total. The van der Waals surface area contributed by atoms with Gasteiger partial charge in [0.25, 0.3) is 0 Å². The standard InChI is InChI=1S/C11H20Br2O2S/c1-2-3-5-11(8-12,9-13)10-4-6-16(14,15)7-10/h10H,2-9H2,1H3. The minimum atomic E-state index is -2.77. The smallest absolute Gasteiger partial charge is 0.150 e. The van der Waals surface area contributed by atoms with E-state index in [4.69, 9.17) is 0 Å². The van der Waals surface area contributed by atoms with Gasteiger partial charge in [-0.05, 0) is 24.2 Å². The quantitative estimate of drug-likeness (QED) is 0.667. The van der Waals surface area contributed by atoms with Gasteiger partial charge in [-0.25, -0.2) is 8.42 Å². The molecule has 0 bridgehead atoms. The van der Waals surface area contributed by atoms with E-state index < -0.39 is 9.84 Å². The zero-order valence-electron chi connectivity index (χ0n) is 9.71. The zero-order valence-corrected chi connectivity index (χ0v) is 13.7. The largest absolute Gasteiger partial charge is 0.229 e. The molecule has 96 valence electrons. The van der Waals surface area contributed by atoms with Gasteiger partial charge in [0, 0.05) is 10.7 Å². The first-order chi connectivity index (χ1) is 7.49. The highest BCUT2D eigenvalue weighted by atomic mass is 79.9. The van der Waals surface area contributed by atoms with Crippen LogP contribution in [0.4, 0.5) is 0 Å². The lowest BCUT2D eigenvalue weighted by Crippen LogP contribution is -2.35. The molecule has 1 saturated heterocycles. The average molecular weight is 376 g/mol. The molecular weight excluding hydrogens is 356 g/mol. The molecule has 0 radical (unpaired) electrons. The van der Waals surface area contributed by atoms with Crippen LogP contribution in [-0.4, -0.2) is 30.6 Å². The van der Waals surface area contributed by atoms with E-state index in [1.807, 2.05) is 0 Å². The minimum Gasteiger partial charge on any atom is -0.229 e. The molecule has 0 aromatic carbocycles. The van der Waals surface area contributed by atoms with Gasteiger partial charge < -0.3 is 0 Å². The molecule has 0 saturated carbocycles. The van der Waals surface area contributed by atoms with Crippen molar-refractivity contribution in [3.63, 3.8) is 0 Å². The summed E-state index contributed by atoms with van der Waals surface area (Å²) < 4.78 is 23.1. The minimum absolute atomic E-state index is 0.125. The van der Waals surface area contributed by atoms with Gasteiger partial charge in [0.2, 0.25) is 0 Å². The second kappa shape index (κ2) is 6.19. The van der Waals surface area contributed by atoms with Gasteiger partial charge in [0.15, 0.2) is 9.84 Å². The Balaban J connectivity index is 2.77. The van der Waals surface area contributed by atoms with Crippen LogP contribution in [0.2, 0.25) is 0 Å². The molecule has 1 atom stereocenters. The molecule has 0 amide bonds. The summed E-state index contributed by atoms with van der Waals surface area (Å²) in [5.41, 5.74) is 0.125. The lowest BCUT2D eigenvalue weighted by atomic mass is 9.75. The van der Waals surface area contributed by atoms with Gasteiger partial charge >= 0.3 is 0 Å². The molecule has 0 aromatic heterocycles. The van der Waals surface area contributed by atoms with Gasteiger partial charge in [0.1, 0.15) is 0 Å². The molecule has 0 N–H and O–H groups in total. The predicted octanol–water partition coefficient (Wildman–Crippen LogP) is 3.39. The molecule has 1 aliphatic rings. The van der Waals surface area contributed by atoms with Crippen molar-refractivity contribution in [3.8, 4) is 0 Å². The van der Waals surface area contributed by atoms with E-state index in [0.717, 1.165) is 23.5 Å². The van der Waals surface area contributed by atoms with Crippen molar-refractivity contribution in [1.29, 1.82) is 0 Å². The van der Waals surface area contributed by atoms with Crippen molar-refractivity contribution >= 4 is 41.7 Å². The molecule has 1 heterocycles. The highest BCUT2D eigenvalue weighted by Crippen LogP contribution is 2.42. The van der Waals surface area contributed by atoms with Crippen molar-refractivity contribution in [3.05, 3.63) is 0 Å². The number of hydrogen-bond donors (Lipinski definition) is 0. The van der Waals surface area contributed by atoms with Gasteiger partial charge in [-0.2, -0.15) is 0 Å². The number of sulfone groups is 1. The maximum atomic E-state index is 11.6. The summed E-state index contributed by atoms with van der Waals surface area (Å²) in [6, 6.07) is 0. The Bertz CT molecular complexity index is 310. The van der Waals surface area contributed by atoms with Gasteiger partial charge in [-0.15, -0.1) is 0 Å². The molecular formula is C11H20Br2O2S. The van der Waals surface area contributed by atoms with Crippen molar-refractivity contribution in [2.75, 3.05) is 22.2 Å². The number of halogens is 2. The summed E-state index contributed by atoms with van der Waals surface area (Å²) in [5.74, 6) is 1.09. The Hall–Kier alpha value is 0.910. The van der Waals surface area contributed by atoms with Crippen LogP contribution in [0, 0.1) is 11.3 Å². The number of unbranched alkanes of at least 4 members (excludes halogenated alkanes) is 1. The fraction of sp³-hybridized carbons (Fsp3) is 1.00. The van der Waals surface area contributed by atoms with Crippen molar-refractivity contribution < 1.29 is 8.42 Å². The third-order valence-electron chi connectivity index (χ3n) is 3.66. The Morgan fingerprint density at radius 2 is 1.94 bits per heavy atom. The summed E-state index contributed by atoms with van der Waals surface area (Å²) in [4.78, 5) is 0. The summed E-state index contributed by atoms with van der Waals surface area (Å²) in [6.45, 7) is 2.18. The second-order valence-electron chi connectivity index (χ2n) is 4.83. The van der Waals surface area contributed by atoms with E-state index in [-0.39, 0.29) is 5.41 Å². The van der Waals surface area contributed by atoms with Crippen molar-refractivity contribution in [1.82, 2.24) is 0 Å². The van der Waals surface area contributed by atoms with Crippen LogP contribution < -0.4 is 0 Å². The van der Waals surface area contributed by atoms with Crippen LogP contribution >= 0.6 is 31.9 Å². The van der Waals surface area contributed by atoms with Gasteiger partial charge in [-0.1, -0.05) is 51.6 Å². The SMILES string of the molecule is CCCCC(CBr)(CBr)C1CCS(=O)(=O)C1. The van der Waals surface area contributed by atoms with E-state index in [9.17, 15) is 8.42 Å². The van der Waals surface area contributed by atoms with Crippen LogP contribution in [0.15, 0.2) is 0 Å². The summed E-state index contributed by atoms with van der Waals surface area (Å²) in [6.07, 6.45) is 4.29. The highest BCUT2D eigenvalue weighted by molar-refractivity contribution is 9.09. The average Bonchev–Trinajstić information content (AvgIpc) is 2.62. The summed E-state index contributed by atoms with van der Waals surface area (Å²) in [5, 5.41) is 1.79. The molecule has 0 aromatic rings. The third-order valence-corrected chi connectivity index (χ3v) is 7.66. The maximum Gasteiger partial charge on any atom is 0.150 e. The van der Waals surface area contributed by atoms with E-state index >= 15 is 0 Å². The number of alkyl halides is 2. The van der Waals surface area contributed by atoms with Crippen LogP contribution in [0.3, 0.4) is 0 Å². The molecule has 0 aliphatic carbocycles. The van der Waals surface area contributed by atoms with Crippen LogP contribution in [-0.2, 0) is 9.84 Å². The molecule has 16 heavy (non-hydrogen) atoms. The van der Waals surface area contributed by atoms with E-state index in [1.54, 1.807) is 0 Å². The summed E-state index contributed by atoms with van der Waals surface area (Å²) in [7, 11) is -2.77. The molecule has 0 spiro atoms. The first kappa shape index (κ1) is 15.0. The number of rotatable bonds is 6. The second-order valence-corrected chi connectivity index (χ2v) is 8.18. The van der Waals surface area contributed by atoms with Crippen molar-refractivity contribution in [2.45, 2.75) is 32.6 Å². The lowest BCUT2D eigenvalue weighted by molar-refractivity contribution is 0.229. The summed E-state index contributed by atoms with van der Waals surface area (Å²) >= 11 is 7.17. The van der Waals surface area contributed by atoms with Gasteiger partial charge in [0.05, 0.1) is 11.5 Å². The van der Waals surface area contributed by atoms with E-state index in [0.29, 0.717) is 17.4 Å². The molecule has 1 rings (SSSR count). The zero-order chi connectivity index (χ0) is 12.2. The lowest BCUT2D eigenvalue weighted by Gasteiger charge is -2.35. The topological polar surface area (TPSA) is 34.1 Å². The molecule has 1 aliphatic heterocycles. The first-order valence-electron chi connectivity index (χ1n) is 5.82. The normalized spacial score (nSPS) is 24.8. The Kier molecular flexibility index (Phi) is 5.79. The van der Waals surface area contributed by atoms with Crippen LogP contribution in [0.5, 0.6) is 0 Å². The van der Waals surface area contributed by atoms with E-state index in [2.05, 4.69) is 38.8 Å². The van der Waals surface area contributed by atoms with E-state index in [1.165, 1.54) is 12.8 Å². The van der Waals surface area contributed by atoms with Crippen molar-refractivity contribution in [2.24, 2.45) is 11.3 Å². The third kappa shape index (κ3) is 3.45. The Morgan fingerprint density at radius 3 is 2.31 bits per heavy atom. The monoisotopic (exact) mass is 374 g/mol. The fourth-order valence-corrected chi connectivity index (χ4v) is 6.75. The van der Waals surface area contributed by atoms with Crippen LogP contribution in [0.1, 0.15) is 32.6 Å². The Morgan fingerprint density at radius 1 is 1.31 bits per heavy atom. The predicted molar refractivity (Wildman–Crippen MR) is 76.3 cm³/mol. The molecule has 5 heteroatoms. The maximum absolute atomic E-state index is 11.6. The highest BCUT2D eigenvalue weighted by Gasteiger charge is 2.42. The first-order valence-corrected chi connectivity index (χ1v) is 9.88. The Labute approximate surface area is 116 Å². The number of hydrogen-bond acceptors (Lipinski definition) is 2. The van der Waals surface area contributed by atoms with Crippen LogP contribution in [0.25, 0.3) is 0 Å². The molecule has 1 unspecified atom stereocenters. The fourth-order valence-electron chi connectivity index (χ4n) is 2.40. The van der Waals surface area contributed by atoms with Gasteiger partial charge in [-0.3, -0.25) is 0 Å².